The number of aromatic nitrogens is 1. The van der Waals surface area contributed by atoms with Gasteiger partial charge in [0.25, 0.3) is 0 Å². The Morgan fingerprint density at radius 2 is 2.14 bits per heavy atom. The molecule has 76 valence electrons. The number of hydrogen-bond acceptors (Lipinski definition) is 3. The van der Waals surface area contributed by atoms with Gasteiger partial charge in [-0.3, -0.25) is 0 Å². The van der Waals surface area contributed by atoms with Crippen LogP contribution in [0.2, 0.25) is 0 Å². The summed E-state index contributed by atoms with van der Waals surface area (Å²) >= 11 is 0. The van der Waals surface area contributed by atoms with Crippen molar-refractivity contribution in [2.45, 2.75) is 32.1 Å². The normalized spacial score (nSPS) is 18.9. The molecule has 2 rings (SSSR count). The van der Waals surface area contributed by atoms with Crippen molar-refractivity contribution < 1.29 is 0 Å². The van der Waals surface area contributed by atoms with Crippen LogP contribution >= 0.6 is 0 Å². The first-order valence-electron chi connectivity index (χ1n) is 5.20. The molecule has 1 fully saturated rings. The maximum absolute atomic E-state index is 5.91. The molecular formula is C11H17N3. The molecule has 0 aromatic carbocycles. The van der Waals surface area contributed by atoms with Gasteiger partial charge in [-0.2, -0.15) is 0 Å². The molecular weight excluding hydrogens is 174 g/mol. The Morgan fingerprint density at radius 1 is 1.43 bits per heavy atom. The van der Waals surface area contributed by atoms with E-state index >= 15 is 0 Å². The molecule has 1 atom stereocenters. The Morgan fingerprint density at radius 3 is 2.71 bits per heavy atom. The number of nitrogens with two attached hydrogens (primary N) is 2. The van der Waals surface area contributed by atoms with Crippen molar-refractivity contribution >= 4 is 11.5 Å². The molecule has 1 aromatic heterocycles. The van der Waals surface area contributed by atoms with Crippen molar-refractivity contribution in [2.75, 3.05) is 11.5 Å². The van der Waals surface area contributed by atoms with Gasteiger partial charge < -0.3 is 11.5 Å². The summed E-state index contributed by atoms with van der Waals surface area (Å²) in [6, 6.07) is 1.99. The fourth-order valence-corrected chi connectivity index (χ4v) is 2.10. The molecule has 0 saturated heterocycles. The first-order valence-corrected chi connectivity index (χ1v) is 5.20. The van der Waals surface area contributed by atoms with E-state index in [-0.39, 0.29) is 0 Å². The lowest BCUT2D eigenvalue weighted by Crippen LogP contribution is -2.19. The zero-order chi connectivity index (χ0) is 10.1. The van der Waals surface area contributed by atoms with Crippen LogP contribution in [0.1, 0.15) is 37.7 Å². The summed E-state index contributed by atoms with van der Waals surface area (Å²) in [7, 11) is 0. The standard InChI is InChI=1S/C11H17N3/c1-7(8-3-2-4-8)9-5-6-14-11(13)10(9)12/h5-8H,2-4,12H2,1H3,(H2,13,14). The van der Waals surface area contributed by atoms with E-state index in [9.17, 15) is 0 Å². The van der Waals surface area contributed by atoms with E-state index in [4.69, 9.17) is 11.5 Å². The van der Waals surface area contributed by atoms with Crippen molar-refractivity contribution in [3.63, 3.8) is 0 Å². The van der Waals surface area contributed by atoms with Gasteiger partial charge in [-0.15, -0.1) is 0 Å². The van der Waals surface area contributed by atoms with Gasteiger partial charge in [-0.25, -0.2) is 4.98 Å². The second kappa shape index (κ2) is 3.48. The fourth-order valence-electron chi connectivity index (χ4n) is 2.10. The molecule has 4 N–H and O–H groups in total. The largest absolute Gasteiger partial charge is 0.396 e. The topological polar surface area (TPSA) is 64.9 Å². The van der Waals surface area contributed by atoms with Crippen LogP contribution in [0.15, 0.2) is 12.3 Å². The minimum Gasteiger partial charge on any atom is -0.396 e. The van der Waals surface area contributed by atoms with Gasteiger partial charge in [0.05, 0.1) is 5.69 Å². The average Bonchev–Trinajstić information content (AvgIpc) is 2.06. The summed E-state index contributed by atoms with van der Waals surface area (Å²) in [4.78, 5) is 3.98. The molecule has 0 amide bonds. The zero-order valence-electron chi connectivity index (χ0n) is 8.53. The van der Waals surface area contributed by atoms with Gasteiger partial charge in [0.15, 0.2) is 0 Å². The highest BCUT2D eigenvalue weighted by Gasteiger charge is 2.26. The predicted molar refractivity (Wildman–Crippen MR) is 58.8 cm³/mol. The third-order valence-corrected chi connectivity index (χ3v) is 3.40. The molecule has 3 heteroatoms. The van der Waals surface area contributed by atoms with Crippen LogP contribution in [0.5, 0.6) is 0 Å². The van der Waals surface area contributed by atoms with Crippen LogP contribution < -0.4 is 11.5 Å². The second-order valence-electron chi connectivity index (χ2n) is 4.18. The van der Waals surface area contributed by atoms with Gasteiger partial charge in [-0.1, -0.05) is 13.3 Å². The summed E-state index contributed by atoms with van der Waals surface area (Å²) in [5.41, 5.74) is 13.4. The van der Waals surface area contributed by atoms with E-state index in [1.165, 1.54) is 24.8 Å². The lowest BCUT2D eigenvalue weighted by molar-refractivity contribution is 0.272. The van der Waals surface area contributed by atoms with Crippen molar-refractivity contribution in [1.29, 1.82) is 0 Å². The molecule has 1 aromatic rings. The summed E-state index contributed by atoms with van der Waals surface area (Å²) in [5, 5.41) is 0. The molecule has 3 nitrogen and oxygen atoms in total. The summed E-state index contributed by atoms with van der Waals surface area (Å²) in [6.45, 7) is 2.23. The van der Waals surface area contributed by atoms with Crippen LogP contribution in [-0.2, 0) is 0 Å². The van der Waals surface area contributed by atoms with Crippen LogP contribution in [-0.4, -0.2) is 4.98 Å². The number of hydrogen-bond donors (Lipinski definition) is 2. The number of anilines is 2. The van der Waals surface area contributed by atoms with Crippen molar-refractivity contribution in [2.24, 2.45) is 5.92 Å². The van der Waals surface area contributed by atoms with Crippen molar-refractivity contribution in [1.82, 2.24) is 4.98 Å². The summed E-state index contributed by atoms with van der Waals surface area (Å²) < 4.78 is 0. The highest BCUT2D eigenvalue weighted by Crippen LogP contribution is 2.41. The van der Waals surface area contributed by atoms with Crippen LogP contribution in [0.25, 0.3) is 0 Å². The van der Waals surface area contributed by atoms with E-state index < -0.39 is 0 Å². The Balaban J connectivity index is 2.26. The Kier molecular flexibility index (Phi) is 2.32. The first-order chi connectivity index (χ1) is 6.70. The molecule has 14 heavy (non-hydrogen) atoms. The van der Waals surface area contributed by atoms with E-state index in [0.29, 0.717) is 17.4 Å². The van der Waals surface area contributed by atoms with E-state index in [2.05, 4.69) is 11.9 Å². The maximum Gasteiger partial charge on any atom is 0.146 e. The molecule has 0 spiro atoms. The molecule has 1 saturated carbocycles. The Bertz CT molecular complexity index is 331. The lowest BCUT2D eigenvalue weighted by atomic mass is 9.74. The minimum atomic E-state index is 0.466. The van der Waals surface area contributed by atoms with Crippen LogP contribution in [0, 0.1) is 5.92 Å². The minimum absolute atomic E-state index is 0.466. The van der Waals surface area contributed by atoms with Gasteiger partial charge in [0, 0.05) is 6.20 Å². The quantitative estimate of drug-likeness (QED) is 0.752. The number of rotatable bonds is 2. The maximum atomic E-state index is 5.91. The van der Waals surface area contributed by atoms with Gasteiger partial charge in [-0.05, 0) is 36.3 Å². The first kappa shape index (κ1) is 9.31. The molecule has 1 heterocycles. The molecule has 0 bridgehead atoms. The van der Waals surface area contributed by atoms with Gasteiger partial charge in [0.1, 0.15) is 5.82 Å². The number of nitrogens with zero attached hydrogens (tertiary/aromatic N) is 1. The van der Waals surface area contributed by atoms with Crippen LogP contribution in [0.4, 0.5) is 11.5 Å². The number of nitrogen functional groups attached to an aromatic ring is 2. The zero-order valence-corrected chi connectivity index (χ0v) is 8.53. The molecule has 1 aliphatic carbocycles. The van der Waals surface area contributed by atoms with E-state index in [0.717, 1.165) is 5.92 Å². The Hall–Kier alpha value is -1.25. The highest BCUT2D eigenvalue weighted by molar-refractivity contribution is 5.63. The van der Waals surface area contributed by atoms with Crippen LogP contribution in [0.3, 0.4) is 0 Å². The van der Waals surface area contributed by atoms with Gasteiger partial charge in [0.2, 0.25) is 0 Å². The smallest absolute Gasteiger partial charge is 0.146 e. The van der Waals surface area contributed by atoms with E-state index in [1.807, 2.05) is 6.07 Å². The number of pyridine rings is 1. The fraction of sp³-hybridized carbons (Fsp3) is 0.545. The molecule has 1 aliphatic rings. The highest BCUT2D eigenvalue weighted by atomic mass is 14.9. The SMILES string of the molecule is CC(c1ccnc(N)c1N)C1CCC1. The predicted octanol–water partition coefficient (Wildman–Crippen LogP) is 2.15. The van der Waals surface area contributed by atoms with Gasteiger partial charge >= 0.3 is 0 Å². The molecule has 1 unspecified atom stereocenters. The van der Waals surface area contributed by atoms with Crippen molar-refractivity contribution in [3.05, 3.63) is 17.8 Å². The summed E-state index contributed by atoms with van der Waals surface area (Å²) in [6.07, 6.45) is 5.75. The summed E-state index contributed by atoms with van der Waals surface area (Å²) in [5.74, 6) is 1.78. The molecule has 0 radical (unpaired) electrons. The molecule has 0 aliphatic heterocycles. The third-order valence-electron chi connectivity index (χ3n) is 3.40. The van der Waals surface area contributed by atoms with Crippen molar-refractivity contribution in [3.8, 4) is 0 Å². The second-order valence-corrected chi connectivity index (χ2v) is 4.18. The Labute approximate surface area is 84.5 Å². The van der Waals surface area contributed by atoms with E-state index in [1.54, 1.807) is 6.20 Å². The lowest BCUT2D eigenvalue weighted by Gasteiger charge is -2.32. The average molecular weight is 191 g/mol. The third kappa shape index (κ3) is 1.43. The monoisotopic (exact) mass is 191 g/mol.